The summed E-state index contributed by atoms with van der Waals surface area (Å²) in [6.07, 6.45) is 9.53. The van der Waals surface area contributed by atoms with E-state index >= 15 is 0 Å². The van der Waals surface area contributed by atoms with Crippen LogP contribution in [-0.4, -0.2) is 45.5 Å². The Kier molecular flexibility index (Phi) is 11.4. The number of carbonyl (C=O) groups excluding carboxylic acids is 1. The standard InChI is InChI=1S/C26H37NO5S2/c1-6-8-9-10-11-12-18(4)32-20-14-13-19(15-21(20)31-5)16-22-24(28)27(26(33)34-22)23(25(29)30)17(3)7-2/h13-18,23H,6-12H2,1-5H3,(H,29,30)/b22-16+/t17-,18+,23+/m0/s1. The van der Waals surface area contributed by atoms with Crippen LogP contribution in [0.4, 0.5) is 0 Å². The summed E-state index contributed by atoms with van der Waals surface area (Å²) >= 11 is 6.49. The minimum Gasteiger partial charge on any atom is -0.493 e. The average molecular weight is 508 g/mol. The monoisotopic (exact) mass is 507 g/mol. The number of thioether (sulfide) groups is 1. The van der Waals surface area contributed by atoms with Gasteiger partial charge in [0.1, 0.15) is 10.4 Å². The van der Waals surface area contributed by atoms with Crippen molar-refractivity contribution in [3.63, 3.8) is 0 Å². The molecule has 1 N–H and O–H groups in total. The van der Waals surface area contributed by atoms with Gasteiger partial charge in [0.25, 0.3) is 5.91 Å². The first-order chi connectivity index (χ1) is 16.2. The Labute approximate surface area is 213 Å². The quantitative estimate of drug-likeness (QED) is 0.174. The van der Waals surface area contributed by atoms with Gasteiger partial charge in [-0.05, 0) is 49.5 Å². The van der Waals surface area contributed by atoms with Gasteiger partial charge in [-0.3, -0.25) is 9.69 Å². The number of nitrogens with zero attached hydrogens (tertiary/aromatic N) is 1. The van der Waals surface area contributed by atoms with Crippen molar-refractivity contribution >= 4 is 46.3 Å². The van der Waals surface area contributed by atoms with Gasteiger partial charge in [-0.25, -0.2) is 4.79 Å². The fourth-order valence-electron chi connectivity index (χ4n) is 3.88. The molecule has 1 aromatic carbocycles. The normalized spacial score (nSPS) is 17.7. The van der Waals surface area contributed by atoms with Crippen LogP contribution in [0.1, 0.15) is 78.2 Å². The average Bonchev–Trinajstić information content (AvgIpc) is 3.07. The van der Waals surface area contributed by atoms with Crippen LogP contribution in [0.3, 0.4) is 0 Å². The molecular weight excluding hydrogens is 470 g/mol. The van der Waals surface area contributed by atoms with Gasteiger partial charge in [-0.2, -0.15) is 0 Å². The van der Waals surface area contributed by atoms with Crippen LogP contribution in [0.2, 0.25) is 0 Å². The van der Waals surface area contributed by atoms with Crippen molar-refractivity contribution in [1.29, 1.82) is 0 Å². The number of carbonyl (C=O) groups is 2. The summed E-state index contributed by atoms with van der Waals surface area (Å²) in [5, 5.41) is 9.70. The molecule has 1 aliphatic rings. The zero-order valence-corrected chi connectivity index (χ0v) is 22.5. The van der Waals surface area contributed by atoms with Gasteiger partial charge in [0.05, 0.1) is 18.1 Å². The molecule has 0 aliphatic carbocycles. The van der Waals surface area contributed by atoms with Crippen LogP contribution < -0.4 is 9.47 Å². The third-order valence-corrected chi connectivity index (χ3v) is 7.40. The van der Waals surface area contributed by atoms with Crippen molar-refractivity contribution in [2.75, 3.05) is 7.11 Å². The smallest absolute Gasteiger partial charge is 0.327 e. The zero-order valence-electron chi connectivity index (χ0n) is 20.8. The Hall–Kier alpha value is -2.06. The number of carboxylic acids is 1. The largest absolute Gasteiger partial charge is 0.493 e. The van der Waals surface area contributed by atoms with Gasteiger partial charge in [0, 0.05) is 0 Å². The van der Waals surface area contributed by atoms with E-state index in [4.69, 9.17) is 21.7 Å². The van der Waals surface area contributed by atoms with Crippen molar-refractivity contribution in [2.24, 2.45) is 5.92 Å². The molecule has 3 atom stereocenters. The van der Waals surface area contributed by atoms with E-state index in [1.807, 2.05) is 32.0 Å². The second-order valence-electron chi connectivity index (χ2n) is 8.76. The number of methoxy groups -OCH3 is 1. The van der Waals surface area contributed by atoms with Gasteiger partial charge in [-0.15, -0.1) is 0 Å². The molecule has 1 fully saturated rings. The highest BCUT2D eigenvalue weighted by atomic mass is 32.2. The number of thiocarbonyl (C=S) groups is 1. The first kappa shape index (κ1) is 28.2. The first-order valence-corrected chi connectivity index (χ1v) is 13.3. The highest BCUT2D eigenvalue weighted by Crippen LogP contribution is 2.37. The topological polar surface area (TPSA) is 76.1 Å². The van der Waals surface area contributed by atoms with Gasteiger partial charge in [0.2, 0.25) is 0 Å². The highest BCUT2D eigenvalue weighted by Gasteiger charge is 2.42. The lowest BCUT2D eigenvalue weighted by molar-refractivity contribution is -0.147. The predicted octanol–water partition coefficient (Wildman–Crippen LogP) is 6.52. The lowest BCUT2D eigenvalue weighted by Crippen LogP contribution is -2.47. The van der Waals surface area contributed by atoms with E-state index in [0.29, 0.717) is 22.8 Å². The van der Waals surface area contributed by atoms with Crippen molar-refractivity contribution in [2.45, 2.75) is 84.8 Å². The second-order valence-corrected chi connectivity index (χ2v) is 10.4. The van der Waals surface area contributed by atoms with E-state index in [1.165, 1.54) is 30.6 Å². The minimum absolute atomic E-state index is 0.0751. The highest BCUT2D eigenvalue weighted by molar-refractivity contribution is 8.26. The molecule has 1 amide bonds. The number of hydrogen-bond donors (Lipinski definition) is 1. The van der Waals surface area contributed by atoms with Crippen molar-refractivity contribution < 1.29 is 24.2 Å². The molecule has 0 saturated carbocycles. The number of rotatable bonds is 14. The first-order valence-electron chi connectivity index (χ1n) is 12.1. The van der Waals surface area contributed by atoms with E-state index in [0.717, 1.165) is 30.2 Å². The number of ether oxygens (including phenoxy) is 2. The summed E-state index contributed by atoms with van der Waals surface area (Å²) in [5.41, 5.74) is 0.757. The minimum atomic E-state index is -1.05. The van der Waals surface area contributed by atoms with Crippen LogP contribution in [0.5, 0.6) is 11.5 Å². The maximum Gasteiger partial charge on any atom is 0.327 e. The van der Waals surface area contributed by atoms with E-state index in [2.05, 4.69) is 13.8 Å². The van der Waals surface area contributed by atoms with Crippen LogP contribution in [0.15, 0.2) is 23.1 Å². The molecule has 188 valence electrons. The number of carboxylic acid groups (broad SMARTS) is 1. The second kappa shape index (κ2) is 13.7. The molecule has 1 aliphatic heterocycles. The van der Waals surface area contributed by atoms with Gasteiger partial charge >= 0.3 is 5.97 Å². The molecule has 0 unspecified atom stereocenters. The SMILES string of the molecule is CCCCCCC[C@@H](C)Oc1ccc(/C=C2/SC(=S)N([C@@H](C(=O)O)[C@@H](C)CC)C2=O)cc1OC. The van der Waals surface area contributed by atoms with Crippen molar-refractivity contribution in [3.8, 4) is 11.5 Å². The number of amides is 1. The summed E-state index contributed by atoms with van der Waals surface area (Å²) in [6, 6.07) is 4.55. The van der Waals surface area contributed by atoms with Gasteiger partial charge in [0.15, 0.2) is 11.5 Å². The summed E-state index contributed by atoms with van der Waals surface area (Å²) in [6.45, 7) is 7.99. The Balaban J connectivity index is 2.13. The molecule has 8 heteroatoms. The summed E-state index contributed by atoms with van der Waals surface area (Å²) in [7, 11) is 1.59. The molecule has 2 rings (SSSR count). The zero-order chi connectivity index (χ0) is 25.3. The van der Waals surface area contributed by atoms with E-state index in [-0.39, 0.29) is 22.2 Å². The Bertz CT molecular complexity index is 901. The summed E-state index contributed by atoms with van der Waals surface area (Å²) < 4.78 is 11.9. The molecule has 34 heavy (non-hydrogen) atoms. The van der Waals surface area contributed by atoms with E-state index in [9.17, 15) is 14.7 Å². The third-order valence-electron chi connectivity index (χ3n) is 6.07. The van der Waals surface area contributed by atoms with Gasteiger partial charge < -0.3 is 14.6 Å². The summed E-state index contributed by atoms with van der Waals surface area (Å²) in [5.74, 6) is -0.390. The maximum absolute atomic E-state index is 13.0. The van der Waals surface area contributed by atoms with Crippen molar-refractivity contribution in [3.05, 3.63) is 28.7 Å². The van der Waals surface area contributed by atoms with Crippen LogP contribution in [-0.2, 0) is 9.59 Å². The van der Waals surface area contributed by atoms with Crippen LogP contribution >= 0.6 is 24.0 Å². The molecule has 0 radical (unpaired) electrons. The predicted molar refractivity (Wildman–Crippen MR) is 142 cm³/mol. The Morgan fingerprint density at radius 2 is 1.88 bits per heavy atom. The molecule has 6 nitrogen and oxygen atoms in total. The molecular formula is C26H37NO5S2. The molecule has 1 heterocycles. The van der Waals surface area contributed by atoms with Crippen LogP contribution in [0, 0.1) is 5.92 Å². The van der Waals surface area contributed by atoms with E-state index < -0.39 is 12.0 Å². The third kappa shape index (κ3) is 7.47. The molecule has 0 spiro atoms. The molecule has 1 aromatic rings. The maximum atomic E-state index is 13.0. The number of hydrogen-bond acceptors (Lipinski definition) is 6. The van der Waals surface area contributed by atoms with Crippen LogP contribution in [0.25, 0.3) is 6.08 Å². The fraction of sp³-hybridized carbons (Fsp3) is 0.577. The number of benzene rings is 1. The van der Waals surface area contributed by atoms with E-state index in [1.54, 1.807) is 13.2 Å². The fourth-order valence-corrected chi connectivity index (χ4v) is 5.21. The number of aliphatic carboxylic acids is 1. The summed E-state index contributed by atoms with van der Waals surface area (Å²) in [4.78, 5) is 26.5. The number of unbranched alkanes of at least 4 members (excludes halogenated alkanes) is 4. The van der Waals surface area contributed by atoms with Crippen molar-refractivity contribution in [1.82, 2.24) is 4.90 Å². The lowest BCUT2D eigenvalue weighted by atomic mass is 9.98. The Morgan fingerprint density at radius 1 is 1.18 bits per heavy atom. The molecule has 0 bridgehead atoms. The molecule has 0 aromatic heterocycles. The van der Waals surface area contributed by atoms with Gasteiger partial charge in [-0.1, -0.05) is 82.9 Å². The lowest BCUT2D eigenvalue weighted by Gasteiger charge is -2.27. The Morgan fingerprint density at radius 3 is 2.50 bits per heavy atom. The molecule has 1 saturated heterocycles.